The molecule has 8 heteroatoms. The highest BCUT2D eigenvalue weighted by Crippen LogP contribution is 2.22. The summed E-state index contributed by atoms with van der Waals surface area (Å²) in [4.78, 5) is 26.5. The number of rotatable bonds is 4. The standard InChI is InChI=1S/C9H6I3NO4/c10-4-1-5(8(12)6(11)2-4)9(16)13-17-3-7(14)15/h1-2H,3H2,(H,13,16)(H,14,15). The van der Waals surface area contributed by atoms with E-state index in [1.165, 1.54) is 0 Å². The van der Waals surface area contributed by atoms with Crippen LogP contribution in [-0.2, 0) is 9.63 Å². The number of carbonyl (C=O) groups is 2. The number of benzene rings is 1. The van der Waals surface area contributed by atoms with Crippen LogP contribution in [0.1, 0.15) is 10.4 Å². The van der Waals surface area contributed by atoms with Crippen molar-refractivity contribution in [1.82, 2.24) is 5.48 Å². The van der Waals surface area contributed by atoms with Crippen LogP contribution in [0.15, 0.2) is 12.1 Å². The minimum atomic E-state index is -1.14. The van der Waals surface area contributed by atoms with Crippen LogP contribution in [-0.4, -0.2) is 23.6 Å². The maximum atomic E-state index is 11.7. The van der Waals surface area contributed by atoms with Crippen LogP contribution in [0, 0.1) is 10.7 Å². The lowest BCUT2D eigenvalue weighted by Gasteiger charge is -2.08. The van der Waals surface area contributed by atoms with E-state index in [2.05, 4.69) is 78.1 Å². The number of hydrogen-bond donors (Lipinski definition) is 2. The smallest absolute Gasteiger partial charge is 0.332 e. The van der Waals surface area contributed by atoms with Gasteiger partial charge in [0.15, 0.2) is 6.61 Å². The van der Waals surface area contributed by atoms with Gasteiger partial charge in [0, 0.05) is 10.7 Å². The van der Waals surface area contributed by atoms with Gasteiger partial charge in [-0.2, -0.15) is 0 Å². The summed E-state index contributed by atoms with van der Waals surface area (Å²) in [6.45, 7) is -0.566. The first-order valence-corrected chi connectivity index (χ1v) is 7.44. The van der Waals surface area contributed by atoms with Gasteiger partial charge in [-0.25, -0.2) is 10.3 Å². The van der Waals surface area contributed by atoms with Crippen molar-refractivity contribution in [2.24, 2.45) is 0 Å². The van der Waals surface area contributed by atoms with E-state index in [1.807, 2.05) is 6.07 Å². The predicted molar refractivity (Wildman–Crippen MR) is 85.6 cm³/mol. The number of aliphatic carboxylic acids is 1. The number of hydrogen-bond acceptors (Lipinski definition) is 3. The summed E-state index contributed by atoms with van der Waals surface area (Å²) in [6.07, 6.45) is 0. The molecule has 1 rings (SSSR count). The van der Waals surface area contributed by atoms with E-state index >= 15 is 0 Å². The Kier molecular flexibility index (Phi) is 6.36. The molecule has 5 nitrogen and oxygen atoms in total. The molecular formula is C9H6I3NO4. The number of nitrogens with one attached hydrogen (secondary N) is 1. The number of amides is 1. The topological polar surface area (TPSA) is 75.6 Å². The molecule has 17 heavy (non-hydrogen) atoms. The van der Waals surface area contributed by atoms with E-state index in [-0.39, 0.29) is 0 Å². The second kappa shape index (κ2) is 7.04. The average molecular weight is 573 g/mol. The predicted octanol–water partition coefficient (Wildman–Crippen LogP) is 2.25. The molecule has 1 aromatic rings. The molecule has 0 aromatic heterocycles. The zero-order chi connectivity index (χ0) is 13.0. The first-order valence-electron chi connectivity index (χ1n) is 4.20. The number of carbonyl (C=O) groups excluding carboxylic acids is 1. The van der Waals surface area contributed by atoms with Crippen molar-refractivity contribution >= 4 is 79.6 Å². The van der Waals surface area contributed by atoms with E-state index in [0.29, 0.717) is 5.56 Å². The Morgan fingerprint density at radius 3 is 2.53 bits per heavy atom. The SMILES string of the molecule is O=C(O)CONC(=O)c1cc(I)cc(I)c1I. The molecule has 0 radical (unpaired) electrons. The average Bonchev–Trinajstić information content (AvgIpc) is 2.22. The van der Waals surface area contributed by atoms with Gasteiger partial charge in [-0.05, 0) is 79.9 Å². The summed E-state index contributed by atoms with van der Waals surface area (Å²) in [7, 11) is 0. The summed E-state index contributed by atoms with van der Waals surface area (Å²) < 4.78 is 2.69. The highest BCUT2D eigenvalue weighted by atomic mass is 127. The Bertz CT molecular complexity index is 464. The van der Waals surface area contributed by atoms with E-state index in [4.69, 9.17) is 5.11 Å². The molecule has 1 amide bonds. The Hall–Kier alpha value is 0.310. The van der Waals surface area contributed by atoms with Gasteiger partial charge in [0.2, 0.25) is 0 Å². The quantitative estimate of drug-likeness (QED) is 0.330. The molecule has 0 unspecified atom stereocenters. The van der Waals surface area contributed by atoms with E-state index in [1.54, 1.807) is 6.07 Å². The van der Waals surface area contributed by atoms with E-state index < -0.39 is 18.5 Å². The number of carboxylic acids is 1. The van der Waals surface area contributed by atoms with Crippen molar-refractivity contribution in [3.8, 4) is 0 Å². The molecule has 0 saturated heterocycles. The molecule has 0 atom stereocenters. The second-order valence-corrected chi connectivity index (χ2v) is 6.35. The summed E-state index contributed by atoms with van der Waals surface area (Å²) >= 11 is 6.29. The van der Waals surface area contributed by atoms with Crippen molar-refractivity contribution in [1.29, 1.82) is 0 Å². The van der Waals surface area contributed by atoms with Gasteiger partial charge >= 0.3 is 5.97 Å². The summed E-state index contributed by atoms with van der Waals surface area (Å²) in [5, 5.41) is 8.36. The van der Waals surface area contributed by atoms with Crippen molar-refractivity contribution < 1.29 is 19.5 Å². The fraction of sp³-hybridized carbons (Fsp3) is 0.111. The summed E-state index contributed by atoms with van der Waals surface area (Å²) in [5.41, 5.74) is 2.56. The maximum absolute atomic E-state index is 11.7. The lowest BCUT2D eigenvalue weighted by molar-refractivity contribution is -0.144. The molecule has 0 spiro atoms. The Labute approximate surface area is 138 Å². The minimum Gasteiger partial charge on any atom is -0.479 e. The van der Waals surface area contributed by atoms with Gasteiger partial charge in [-0.15, -0.1) is 0 Å². The molecular weight excluding hydrogens is 567 g/mol. The van der Waals surface area contributed by atoms with Gasteiger partial charge in [0.1, 0.15) is 0 Å². The monoisotopic (exact) mass is 573 g/mol. The molecule has 1 aromatic carbocycles. The number of hydroxylamine groups is 1. The summed E-state index contributed by atoms with van der Waals surface area (Å²) in [6, 6.07) is 3.65. The molecule has 0 aliphatic rings. The highest BCUT2D eigenvalue weighted by molar-refractivity contribution is 14.1. The fourth-order valence-corrected chi connectivity index (χ4v) is 3.34. The second-order valence-electron chi connectivity index (χ2n) is 2.86. The van der Waals surface area contributed by atoms with Crippen molar-refractivity contribution in [3.05, 3.63) is 28.4 Å². The molecule has 0 aliphatic carbocycles. The third-order valence-electron chi connectivity index (χ3n) is 1.60. The van der Waals surface area contributed by atoms with E-state index in [0.717, 1.165) is 10.7 Å². The van der Waals surface area contributed by atoms with Crippen LogP contribution >= 0.6 is 67.8 Å². The molecule has 0 fully saturated rings. The first kappa shape index (κ1) is 15.4. The van der Waals surface area contributed by atoms with Crippen LogP contribution in [0.2, 0.25) is 0 Å². The lowest BCUT2D eigenvalue weighted by Crippen LogP contribution is -2.27. The highest BCUT2D eigenvalue weighted by Gasteiger charge is 2.14. The number of carboxylic acid groups (broad SMARTS) is 1. The van der Waals surface area contributed by atoms with Gasteiger partial charge in [0.25, 0.3) is 5.91 Å². The molecule has 0 saturated carbocycles. The minimum absolute atomic E-state index is 0.452. The Balaban J connectivity index is 2.78. The zero-order valence-corrected chi connectivity index (χ0v) is 14.6. The molecule has 0 bridgehead atoms. The lowest BCUT2D eigenvalue weighted by atomic mass is 10.2. The molecule has 92 valence electrons. The van der Waals surface area contributed by atoms with Gasteiger partial charge in [-0.3, -0.25) is 9.63 Å². The molecule has 0 heterocycles. The van der Waals surface area contributed by atoms with Crippen molar-refractivity contribution in [3.63, 3.8) is 0 Å². The third-order valence-corrected chi connectivity index (χ3v) is 5.27. The van der Waals surface area contributed by atoms with Gasteiger partial charge < -0.3 is 5.11 Å². The largest absolute Gasteiger partial charge is 0.479 e. The van der Waals surface area contributed by atoms with Gasteiger partial charge in [0.05, 0.1) is 5.56 Å². The Morgan fingerprint density at radius 2 is 1.94 bits per heavy atom. The van der Waals surface area contributed by atoms with Crippen LogP contribution in [0.4, 0.5) is 0 Å². The number of halogens is 3. The zero-order valence-electron chi connectivity index (χ0n) is 8.17. The fourth-order valence-electron chi connectivity index (χ4n) is 0.940. The summed E-state index contributed by atoms with van der Waals surface area (Å²) in [5.74, 6) is -1.59. The van der Waals surface area contributed by atoms with Crippen molar-refractivity contribution in [2.45, 2.75) is 0 Å². The normalized spacial score (nSPS) is 10.1. The molecule has 0 aliphatic heterocycles. The third kappa shape index (κ3) is 4.82. The van der Waals surface area contributed by atoms with Crippen LogP contribution in [0.5, 0.6) is 0 Å². The van der Waals surface area contributed by atoms with E-state index in [9.17, 15) is 9.59 Å². The maximum Gasteiger partial charge on any atom is 0.332 e. The van der Waals surface area contributed by atoms with Crippen LogP contribution in [0.3, 0.4) is 0 Å². The van der Waals surface area contributed by atoms with Crippen LogP contribution in [0.25, 0.3) is 0 Å². The Morgan fingerprint density at radius 1 is 1.29 bits per heavy atom. The first-order chi connectivity index (χ1) is 7.91. The molecule has 2 N–H and O–H groups in total. The van der Waals surface area contributed by atoms with Crippen LogP contribution < -0.4 is 5.48 Å². The van der Waals surface area contributed by atoms with Gasteiger partial charge in [-0.1, -0.05) is 0 Å². The van der Waals surface area contributed by atoms with Crippen molar-refractivity contribution in [2.75, 3.05) is 6.61 Å².